The number of rotatable bonds is 4. The van der Waals surface area contributed by atoms with Crippen LogP contribution in [-0.2, 0) is 22.7 Å². The van der Waals surface area contributed by atoms with Gasteiger partial charge in [0.25, 0.3) is 5.56 Å². The molecule has 2 rings (SSSR count). The van der Waals surface area contributed by atoms with Crippen molar-refractivity contribution in [3.05, 3.63) is 62.7 Å². The van der Waals surface area contributed by atoms with Gasteiger partial charge in [-0.05, 0) is 24.3 Å². The molecule has 5 nitrogen and oxygen atoms in total. The van der Waals surface area contributed by atoms with Crippen LogP contribution in [0.25, 0.3) is 0 Å². The molecule has 0 aliphatic carbocycles. The number of hydrogen-bond acceptors (Lipinski definition) is 4. The molecule has 0 unspecified atom stereocenters. The maximum atomic E-state index is 13.5. The fourth-order valence-corrected chi connectivity index (χ4v) is 2.08. The van der Waals surface area contributed by atoms with Crippen molar-refractivity contribution in [2.45, 2.75) is 13.2 Å². The lowest BCUT2D eigenvalue weighted by Gasteiger charge is -2.08. The Hall–Kier alpha value is -2.15. The van der Waals surface area contributed by atoms with Gasteiger partial charge in [-0.2, -0.15) is 0 Å². The van der Waals surface area contributed by atoms with E-state index < -0.39 is 11.8 Å². The summed E-state index contributed by atoms with van der Waals surface area (Å²) >= 11 is 3.21. The number of halogens is 2. The minimum Gasteiger partial charge on any atom is -0.459 e. The summed E-state index contributed by atoms with van der Waals surface area (Å²) in [6.45, 7) is -0.485. The number of carbonyl (C=O) groups is 1. The van der Waals surface area contributed by atoms with Crippen molar-refractivity contribution < 1.29 is 13.9 Å². The van der Waals surface area contributed by atoms with Crippen LogP contribution in [0.15, 0.2) is 45.8 Å². The standard InChI is InChI=1S/C14H12BrFN2O3/c15-10-1-3-12(16)9(5-10)8-21-14(20)7-18-6-11(17)2-4-13(18)19/h1-6H,7-8,17H2. The highest BCUT2D eigenvalue weighted by Crippen LogP contribution is 2.16. The monoisotopic (exact) mass is 354 g/mol. The first kappa shape index (κ1) is 15.2. The number of benzene rings is 1. The Morgan fingerprint density at radius 2 is 2.10 bits per heavy atom. The molecule has 0 fully saturated rings. The zero-order chi connectivity index (χ0) is 15.4. The average molecular weight is 355 g/mol. The van der Waals surface area contributed by atoms with E-state index in [1.807, 2.05) is 0 Å². The van der Waals surface area contributed by atoms with Crippen molar-refractivity contribution in [2.75, 3.05) is 5.73 Å². The van der Waals surface area contributed by atoms with Crippen LogP contribution in [0.4, 0.5) is 10.1 Å². The van der Waals surface area contributed by atoms with Gasteiger partial charge in [-0.1, -0.05) is 15.9 Å². The summed E-state index contributed by atoms with van der Waals surface area (Å²) in [5, 5.41) is 0. The first-order valence-electron chi connectivity index (χ1n) is 6.01. The lowest BCUT2D eigenvalue weighted by molar-refractivity contribution is -0.145. The Kier molecular flexibility index (Phi) is 4.74. The first-order chi connectivity index (χ1) is 9.95. The molecule has 0 saturated heterocycles. The molecule has 7 heteroatoms. The number of nitrogen functional groups attached to an aromatic ring is 1. The summed E-state index contributed by atoms with van der Waals surface area (Å²) in [5.41, 5.74) is 5.78. The number of carbonyl (C=O) groups excluding carboxylic acids is 1. The van der Waals surface area contributed by atoms with Gasteiger partial charge in [0.1, 0.15) is 19.0 Å². The van der Waals surface area contributed by atoms with Gasteiger partial charge < -0.3 is 15.0 Å². The molecule has 0 aliphatic rings. The van der Waals surface area contributed by atoms with Crippen LogP contribution in [0.2, 0.25) is 0 Å². The number of aromatic nitrogens is 1. The zero-order valence-electron chi connectivity index (χ0n) is 10.9. The third-order valence-corrected chi connectivity index (χ3v) is 3.20. The maximum Gasteiger partial charge on any atom is 0.326 e. The van der Waals surface area contributed by atoms with E-state index in [9.17, 15) is 14.0 Å². The highest BCUT2D eigenvalue weighted by atomic mass is 79.9. The Morgan fingerprint density at radius 3 is 2.86 bits per heavy atom. The molecular formula is C14H12BrFN2O3. The second kappa shape index (κ2) is 6.53. The molecule has 1 aromatic heterocycles. The average Bonchev–Trinajstić information content (AvgIpc) is 2.44. The van der Waals surface area contributed by atoms with Crippen LogP contribution >= 0.6 is 15.9 Å². The summed E-state index contributed by atoms with van der Waals surface area (Å²) in [7, 11) is 0. The number of anilines is 1. The molecule has 0 aliphatic heterocycles. The van der Waals surface area contributed by atoms with Gasteiger partial charge in [-0.3, -0.25) is 9.59 Å². The smallest absolute Gasteiger partial charge is 0.326 e. The molecule has 2 N–H and O–H groups in total. The zero-order valence-corrected chi connectivity index (χ0v) is 12.5. The molecule has 2 aromatic rings. The van der Waals surface area contributed by atoms with Crippen LogP contribution in [-0.4, -0.2) is 10.5 Å². The van der Waals surface area contributed by atoms with E-state index in [1.165, 1.54) is 30.5 Å². The van der Waals surface area contributed by atoms with Crippen LogP contribution in [0, 0.1) is 5.82 Å². The van der Waals surface area contributed by atoms with Crippen molar-refractivity contribution in [1.29, 1.82) is 0 Å². The van der Waals surface area contributed by atoms with Crippen LogP contribution in [0.1, 0.15) is 5.56 Å². The fraction of sp³-hybridized carbons (Fsp3) is 0.143. The SMILES string of the molecule is Nc1ccc(=O)n(CC(=O)OCc2cc(Br)ccc2F)c1. The molecule has 0 spiro atoms. The number of nitrogens with two attached hydrogens (primary N) is 1. The van der Waals surface area contributed by atoms with E-state index >= 15 is 0 Å². The van der Waals surface area contributed by atoms with E-state index in [-0.39, 0.29) is 24.3 Å². The van der Waals surface area contributed by atoms with Crippen molar-refractivity contribution in [3.63, 3.8) is 0 Å². The molecule has 0 saturated carbocycles. The maximum absolute atomic E-state index is 13.5. The number of ether oxygens (including phenoxy) is 1. The molecule has 0 radical (unpaired) electrons. The lowest BCUT2D eigenvalue weighted by Crippen LogP contribution is -2.24. The third kappa shape index (κ3) is 4.16. The quantitative estimate of drug-likeness (QED) is 0.853. The summed E-state index contributed by atoms with van der Waals surface area (Å²) in [6, 6.07) is 7.05. The van der Waals surface area contributed by atoms with Gasteiger partial charge in [0.05, 0.1) is 0 Å². The van der Waals surface area contributed by atoms with Crippen molar-refractivity contribution in [2.24, 2.45) is 0 Å². The summed E-state index contributed by atoms with van der Waals surface area (Å²) in [6.07, 6.45) is 1.35. The number of esters is 1. The minimum absolute atomic E-state index is 0.207. The molecule has 0 amide bonds. The number of hydrogen-bond donors (Lipinski definition) is 1. The predicted octanol–water partition coefficient (Wildman–Crippen LogP) is 2.08. The largest absolute Gasteiger partial charge is 0.459 e. The van der Waals surface area contributed by atoms with Crippen molar-refractivity contribution >= 4 is 27.6 Å². The van der Waals surface area contributed by atoms with Gasteiger partial charge in [-0.25, -0.2) is 4.39 Å². The lowest BCUT2D eigenvalue weighted by atomic mass is 10.2. The van der Waals surface area contributed by atoms with Gasteiger partial charge in [-0.15, -0.1) is 0 Å². The van der Waals surface area contributed by atoms with Gasteiger partial charge >= 0.3 is 5.97 Å². The predicted molar refractivity (Wildman–Crippen MR) is 79.0 cm³/mol. The highest BCUT2D eigenvalue weighted by Gasteiger charge is 2.09. The molecule has 21 heavy (non-hydrogen) atoms. The minimum atomic E-state index is -0.651. The van der Waals surface area contributed by atoms with Gasteiger partial charge in [0.2, 0.25) is 0 Å². The summed E-state index contributed by atoms with van der Waals surface area (Å²) in [4.78, 5) is 23.2. The topological polar surface area (TPSA) is 74.3 Å². The van der Waals surface area contributed by atoms with Gasteiger partial charge in [0, 0.05) is 28.0 Å². The van der Waals surface area contributed by atoms with Crippen LogP contribution in [0.5, 0.6) is 0 Å². The van der Waals surface area contributed by atoms with Crippen molar-refractivity contribution in [1.82, 2.24) is 4.57 Å². The Balaban J connectivity index is 2.01. The van der Waals surface area contributed by atoms with E-state index in [0.29, 0.717) is 10.2 Å². The molecule has 0 bridgehead atoms. The first-order valence-corrected chi connectivity index (χ1v) is 6.80. The van der Waals surface area contributed by atoms with Gasteiger partial charge in [0.15, 0.2) is 0 Å². The number of pyridine rings is 1. The van der Waals surface area contributed by atoms with E-state index in [2.05, 4.69) is 15.9 Å². The Bertz CT molecular complexity index is 730. The molecular weight excluding hydrogens is 343 g/mol. The van der Waals surface area contributed by atoms with E-state index in [0.717, 1.165) is 4.57 Å². The van der Waals surface area contributed by atoms with Crippen LogP contribution in [0.3, 0.4) is 0 Å². The van der Waals surface area contributed by atoms with Crippen LogP contribution < -0.4 is 11.3 Å². The van der Waals surface area contributed by atoms with Crippen molar-refractivity contribution in [3.8, 4) is 0 Å². The Morgan fingerprint density at radius 1 is 1.33 bits per heavy atom. The number of nitrogens with zero attached hydrogens (tertiary/aromatic N) is 1. The summed E-state index contributed by atoms with van der Waals surface area (Å²) < 4.78 is 20.3. The molecule has 110 valence electrons. The molecule has 0 atom stereocenters. The normalized spacial score (nSPS) is 10.4. The molecule has 1 heterocycles. The summed E-state index contributed by atoms with van der Waals surface area (Å²) in [5.74, 6) is -1.12. The highest BCUT2D eigenvalue weighted by molar-refractivity contribution is 9.10. The Labute approximate surface area is 128 Å². The third-order valence-electron chi connectivity index (χ3n) is 2.70. The van der Waals surface area contributed by atoms with E-state index in [1.54, 1.807) is 6.07 Å². The molecule has 1 aromatic carbocycles. The fourth-order valence-electron chi connectivity index (χ4n) is 1.67. The second-order valence-corrected chi connectivity index (χ2v) is 5.24. The second-order valence-electron chi connectivity index (χ2n) is 4.32. The van der Waals surface area contributed by atoms with E-state index in [4.69, 9.17) is 10.5 Å².